The molecule has 2 nitrogen and oxygen atoms in total. The third kappa shape index (κ3) is 9.49. The minimum atomic E-state index is -2.34. The van der Waals surface area contributed by atoms with Crippen LogP contribution in [0.15, 0.2) is 0 Å². The molecule has 0 radical (unpaired) electrons. The summed E-state index contributed by atoms with van der Waals surface area (Å²) in [7, 11) is 0. The second kappa shape index (κ2) is 7.99. The first-order chi connectivity index (χ1) is 6.83. The maximum Gasteiger partial charge on any atom is 0.247 e. The van der Waals surface area contributed by atoms with Gasteiger partial charge in [0.05, 0.1) is 6.61 Å². The molecule has 0 aliphatic carbocycles. The van der Waals surface area contributed by atoms with Crippen molar-refractivity contribution >= 4 is 63.7 Å². The van der Waals surface area contributed by atoms with E-state index < -0.39 is 9.49 Å². The predicted molar refractivity (Wildman–Crippen MR) is 74.9 cm³/mol. The number of hydrogen-bond acceptors (Lipinski definition) is 4. The zero-order chi connectivity index (χ0) is 11.9. The molecule has 0 aliphatic rings. The van der Waals surface area contributed by atoms with Crippen LogP contribution in [0.2, 0.25) is 0 Å². The average Bonchev–Trinajstić information content (AvgIpc) is 2.12. The first kappa shape index (κ1) is 16.8. The fourth-order valence-corrected chi connectivity index (χ4v) is 5.60. The van der Waals surface area contributed by atoms with E-state index in [4.69, 9.17) is 55.7 Å². The van der Waals surface area contributed by atoms with Crippen molar-refractivity contribution in [2.24, 2.45) is 0 Å². The fraction of sp³-hybridized carbons (Fsp3) is 1.00. The molecule has 0 amide bonds. The van der Waals surface area contributed by atoms with Gasteiger partial charge in [0, 0.05) is 5.75 Å². The topological polar surface area (TPSA) is 18.5 Å². The van der Waals surface area contributed by atoms with E-state index in [2.05, 4.69) is 6.92 Å². The summed E-state index contributed by atoms with van der Waals surface area (Å²) in [5.41, 5.74) is -2.34. The van der Waals surface area contributed by atoms with Crippen LogP contribution in [0.5, 0.6) is 0 Å². The van der Waals surface area contributed by atoms with Gasteiger partial charge in [-0.3, -0.25) is 0 Å². The van der Waals surface area contributed by atoms with Crippen LogP contribution in [0, 0.1) is 0 Å². The lowest BCUT2D eigenvalue weighted by Crippen LogP contribution is -2.11. The SMILES string of the molecule is CCCSP(=S)(OCC)OCC(Cl)(Cl)Cl. The zero-order valence-corrected chi connectivity index (χ0v) is 13.3. The minimum absolute atomic E-state index is 0.0361. The van der Waals surface area contributed by atoms with Gasteiger partial charge in [-0.2, -0.15) is 0 Å². The van der Waals surface area contributed by atoms with Gasteiger partial charge in [0.1, 0.15) is 6.61 Å². The first-order valence-electron chi connectivity index (χ1n) is 4.43. The number of halogens is 3. The summed E-state index contributed by atoms with van der Waals surface area (Å²) in [4.78, 5) is 0. The molecule has 0 aliphatic heterocycles. The summed E-state index contributed by atoms with van der Waals surface area (Å²) in [6, 6.07) is 0. The normalized spacial score (nSPS) is 16.3. The van der Waals surface area contributed by atoms with Crippen molar-refractivity contribution in [3.8, 4) is 0 Å². The lowest BCUT2D eigenvalue weighted by atomic mass is 10.6. The molecule has 1 unspecified atom stereocenters. The van der Waals surface area contributed by atoms with E-state index in [1.165, 1.54) is 11.4 Å². The van der Waals surface area contributed by atoms with Gasteiger partial charge in [0.25, 0.3) is 0 Å². The molecule has 0 saturated heterocycles. The van der Waals surface area contributed by atoms with Crippen LogP contribution < -0.4 is 0 Å². The number of alkyl halides is 3. The molecule has 15 heavy (non-hydrogen) atoms. The standard InChI is InChI=1S/C7H14Cl3O2PS2/c1-3-5-15-13(14,11-4-2)12-6-7(8,9)10/h3-6H2,1-2H3. The van der Waals surface area contributed by atoms with Gasteiger partial charge in [-0.15, -0.1) is 0 Å². The summed E-state index contributed by atoms with van der Waals surface area (Å²) >= 11 is 23.5. The Kier molecular flexibility index (Phi) is 8.94. The molecule has 0 aromatic heterocycles. The van der Waals surface area contributed by atoms with Crippen LogP contribution in [0.4, 0.5) is 0 Å². The van der Waals surface area contributed by atoms with E-state index in [0.717, 1.165) is 12.2 Å². The van der Waals surface area contributed by atoms with Gasteiger partial charge in [-0.1, -0.05) is 53.1 Å². The molecule has 0 spiro atoms. The summed E-state index contributed by atoms with van der Waals surface area (Å²) in [6.45, 7) is 4.40. The third-order valence-corrected chi connectivity index (χ3v) is 7.09. The molecular weight excluding hydrogens is 318 g/mol. The van der Waals surface area contributed by atoms with Crippen molar-refractivity contribution in [1.82, 2.24) is 0 Å². The molecule has 0 bridgehead atoms. The van der Waals surface area contributed by atoms with Crippen molar-refractivity contribution in [1.29, 1.82) is 0 Å². The monoisotopic (exact) mass is 330 g/mol. The largest absolute Gasteiger partial charge is 0.322 e. The average molecular weight is 332 g/mol. The second-order valence-corrected chi connectivity index (χ2v) is 11.5. The van der Waals surface area contributed by atoms with Crippen LogP contribution >= 0.6 is 51.9 Å². The third-order valence-electron chi connectivity index (χ3n) is 1.13. The maximum absolute atomic E-state index is 5.59. The van der Waals surface area contributed by atoms with Crippen LogP contribution in [-0.2, 0) is 20.9 Å². The Morgan fingerprint density at radius 3 is 2.27 bits per heavy atom. The molecule has 1 atom stereocenters. The van der Waals surface area contributed by atoms with E-state index in [9.17, 15) is 0 Å². The van der Waals surface area contributed by atoms with Crippen LogP contribution in [-0.4, -0.2) is 22.8 Å². The lowest BCUT2D eigenvalue weighted by Gasteiger charge is -2.22. The molecule has 0 fully saturated rings. The Labute approximate surface area is 115 Å². The van der Waals surface area contributed by atoms with Crippen molar-refractivity contribution < 1.29 is 9.05 Å². The highest BCUT2D eigenvalue weighted by molar-refractivity contribution is 8.67. The highest BCUT2D eigenvalue weighted by Crippen LogP contribution is 2.61. The summed E-state index contributed by atoms with van der Waals surface area (Å²) < 4.78 is 9.39. The van der Waals surface area contributed by atoms with Crippen molar-refractivity contribution in [2.75, 3.05) is 19.0 Å². The molecule has 92 valence electrons. The highest BCUT2D eigenvalue weighted by atomic mass is 35.6. The van der Waals surface area contributed by atoms with Crippen LogP contribution in [0.3, 0.4) is 0 Å². The summed E-state index contributed by atoms with van der Waals surface area (Å²) in [6.07, 6.45) is 1.01. The lowest BCUT2D eigenvalue weighted by molar-refractivity contribution is 0.273. The van der Waals surface area contributed by atoms with Gasteiger partial charge in [-0.25, -0.2) is 0 Å². The van der Waals surface area contributed by atoms with Gasteiger partial charge in [-0.05, 0) is 25.2 Å². The molecule has 0 N–H and O–H groups in total. The van der Waals surface area contributed by atoms with Crippen molar-refractivity contribution in [2.45, 2.75) is 24.1 Å². The van der Waals surface area contributed by atoms with Crippen LogP contribution in [0.25, 0.3) is 0 Å². The van der Waals surface area contributed by atoms with E-state index >= 15 is 0 Å². The van der Waals surface area contributed by atoms with E-state index in [0.29, 0.717) is 6.61 Å². The Balaban J connectivity index is 4.19. The molecule has 0 aromatic rings. The molecule has 0 heterocycles. The molecule has 8 heteroatoms. The van der Waals surface area contributed by atoms with Gasteiger partial charge < -0.3 is 9.05 Å². The Morgan fingerprint density at radius 1 is 1.27 bits per heavy atom. The van der Waals surface area contributed by atoms with Gasteiger partial charge in [0.2, 0.25) is 9.49 Å². The first-order valence-corrected chi connectivity index (χ1v) is 9.79. The van der Waals surface area contributed by atoms with Gasteiger partial charge in [0.15, 0.2) is 0 Å². The smallest absolute Gasteiger partial charge is 0.247 e. The van der Waals surface area contributed by atoms with Crippen LogP contribution in [0.1, 0.15) is 20.3 Å². The van der Waals surface area contributed by atoms with E-state index in [-0.39, 0.29) is 6.61 Å². The van der Waals surface area contributed by atoms with Gasteiger partial charge >= 0.3 is 0 Å². The molecular formula is C7H14Cl3O2PS2. The summed E-state index contributed by atoms with van der Waals surface area (Å²) in [5.74, 6) is 0.886. The molecule has 0 rings (SSSR count). The minimum Gasteiger partial charge on any atom is -0.322 e. The molecule has 0 saturated carbocycles. The Hall–Kier alpha value is 1.79. The number of rotatable bonds is 7. The highest BCUT2D eigenvalue weighted by Gasteiger charge is 2.27. The summed E-state index contributed by atoms with van der Waals surface area (Å²) in [5, 5.41) is 0. The predicted octanol–water partition coefficient (Wildman–Crippen LogP) is 4.78. The Morgan fingerprint density at radius 2 is 1.87 bits per heavy atom. The second-order valence-electron chi connectivity index (χ2n) is 2.59. The quantitative estimate of drug-likeness (QED) is 0.493. The zero-order valence-electron chi connectivity index (χ0n) is 8.54. The Bertz CT molecular complexity index is 223. The van der Waals surface area contributed by atoms with E-state index in [1.807, 2.05) is 6.92 Å². The maximum atomic E-state index is 5.59. The van der Waals surface area contributed by atoms with E-state index in [1.54, 1.807) is 0 Å². The van der Waals surface area contributed by atoms with Crippen molar-refractivity contribution in [3.05, 3.63) is 0 Å². The number of hydrogen-bond donors (Lipinski definition) is 0. The molecule has 0 aromatic carbocycles. The fourth-order valence-electron chi connectivity index (χ4n) is 0.625. The van der Waals surface area contributed by atoms with Crippen molar-refractivity contribution in [3.63, 3.8) is 0 Å².